The Morgan fingerprint density at radius 1 is 1.04 bits per heavy atom. The summed E-state index contributed by atoms with van der Waals surface area (Å²) < 4.78 is 0. The lowest BCUT2D eigenvalue weighted by molar-refractivity contribution is -0.922. The van der Waals surface area contributed by atoms with Crippen LogP contribution in [0.25, 0.3) is 10.8 Å². The molecule has 126 valence electrons. The average molecular weight is 326 g/mol. The molecule has 1 saturated heterocycles. The lowest BCUT2D eigenvalue weighted by Gasteiger charge is -2.31. The molecule has 1 fully saturated rings. The van der Waals surface area contributed by atoms with Crippen LogP contribution in [0.15, 0.2) is 42.5 Å². The van der Waals surface area contributed by atoms with Crippen molar-refractivity contribution in [1.29, 1.82) is 0 Å². The number of nitrogens with one attached hydrogen (secondary N) is 2. The lowest BCUT2D eigenvalue weighted by atomic mass is 10.1. The number of fused-ring (bicyclic) bond motifs is 1. The fourth-order valence-electron chi connectivity index (χ4n) is 3.41. The maximum absolute atomic E-state index is 12.3. The molecule has 0 radical (unpaired) electrons. The summed E-state index contributed by atoms with van der Waals surface area (Å²) in [5.41, 5.74) is 0.685. The molecule has 0 aliphatic carbocycles. The molecule has 1 amide bonds. The van der Waals surface area contributed by atoms with Crippen LogP contribution >= 0.6 is 0 Å². The maximum atomic E-state index is 12.3. The van der Waals surface area contributed by atoms with Crippen molar-refractivity contribution in [2.75, 3.05) is 18.4 Å². The standard InChI is InChI=1S/C19H22N2O3/c22-18(13-17(19(23)24)21-10-4-1-5-11-21)20-16-9-8-14-6-2-3-7-15(14)12-16/h2-3,6-9,12,17H,1,4-5,10-11,13H2,(H,20,22)(H,23,24)/t17-/m1/s1. The van der Waals surface area contributed by atoms with E-state index in [1.807, 2.05) is 42.5 Å². The Morgan fingerprint density at radius 3 is 2.46 bits per heavy atom. The fourth-order valence-corrected chi connectivity index (χ4v) is 3.41. The van der Waals surface area contributed by atoms with Crippen molar-refractivity contribution in [1.82, 2.24) is 0 Å². The second-order valence-corrected chi connectivity index (χ2v) is 6.40. The van der Waals surface area contributed by atoms with Gasteiger partial charge in [-0.15, -0.1) is 0 Å². The summed E-state index contributed by atoms with van der Waals surface area (Å²) in [6.07, 6.45) is 3.09. The van der Waals surface area contributed by atoms with Crippen LogP contribution in [0.2, 0.25) is 0 Å². The number of carboxylic acid groups (broad SMARTS) is 1. The Kier molecular flexibility index (Phi) is 5.11. The van der Waals surface area contributed by atoms with E-state index in [-0.39, 0.29) is 12.3 Å². The number of amides is 1. The number of piperidine rings is 1. The minimum absolute atomic E-state index is 0.0511. The first kappa shape index (κ1) is 16.5. The third-order valence-electron chi connectivity index (χ3n) is 4.70. The van der Waals surface area contributed by atoms with Crippen molar-refractivity contribution < 1.29 is 19.6 Å². The molecule has 0 bridgehead atoms. The van der Waals surface area contributed by atoms with Crippen molar-refractivity contribution in [3.63, 3.8) is 0 Å². The summed E-state index contributed by atoms with van der Waals surface area (Å²) in [6, 6.07) is 12.8. The van der Waals surface area contributed by atoms with E-state index in [9.17, 15) is 14.7 Å². The highest BCUT2D eigenvalue weighted by Crippen LogP contribution is 2.19. The van der Waals surface area contributed by atoms with E-state index in [0.717, 1.165) is 48.0 Å². The minimum Gasteiger partial charge on any atom is -0.544 e. The number of carbonyl (C=O) groups is 2. The van der Waals surface area contributed by atoms with Gasteiger partial charge in [0.2, 0.25) is 5.91 Å². The topological polar surface area (TPSA) is 73.7 Å². The highest BCUT2D eigenvalue weighted by atomic mass is 16.4. The molecular weight excluding hydrogens is 304 g/mol. The maximum Gasteiger partial charge on any atom is 0.230 e. The molecule has 0 saturated carbocycles. The molecular formula is C19H22N2O3. The monoisotopic (exact) mass is 326 g/mol. The van der Waals surface area contributed by atoms with Crippen molar-refractivity contribution in [3.05, 3.63) is 42.5 Å². The van der Waals surface area contributed by atoms with Gasteiger partial charge in [-0.1, -0.05) is 30.3 Å². The first-order valence-electron chi connectivity index (χ1n) is 8.47. The number of hydrogen-bond acceptors (Lipinski definition) is 3. The molecule has 1 heterocycles. The lowest BCUT2D eigenvalue weighted by Crippen LogP contribution is -3.18. The Hall–Kier alpha value is -2.40. The van der Waals surface area contributed by atoms with Gasteiger partial charge in [-0.05, 0) is 42.2 Å². The van der Waals surface area contributed by atoms with Gasteiger partial charge < -0.3 is 20.1 Å². The van der Waals surface area contributed by atoms with Crippen molar-refractivity contribution in [3.8, 4) is 0 Å². The predicted molar refractivity (Wildman–Crippen MR) is 90.5 cm³/mol. The molecule has 0 unspecified atom stereocenters. The van der Waals surface area contributed by atoms with Gasteiger partial charge in [0.25, 0.3) is 0 Å². The number of rotatable bonds is 5. The summed E-state index contributed by atoms with van der Waals surface area (Å²) in [5, 5.41) is 16.4. The van der Waals surface area contributed by atoms with Crippen molar-refractivity contribution in [2.45, 2.75) is 31.7 Å². The number of anilines is 1. The smallest absolute Gasteiger partial charge is 0.230 e. The SMILES string of the molecule is O=C(C[C@H](C(=O)[O-])[NH+]1CCCCC1)Nc1ccc2ccccc2c1. The van der Waals surface area contributed by atoms with Crippen LogP contribution in [0, 0.1) is 0 Å². The third kappa shape index (κ3) is 3.92. The highest BCUT2D eigenvalue weighted by Gasteiger charge is 2.27. The molecule has 0 spiro atoms. The molecule has 2 N–H and O–H groups in total. The number of hydrogen-bond donors (Lipinski definition) is 2. The summed E-state index contributed by atoms with van der Waals surface area (Å²) in [5.74, 6) is -1.42. The molecule has 1 aliphatic rings. The van der Waals surface area contributed by atoms with E-state index < -0.39 is 12.0 Å². The molecule has 2 aromatic rings. The third-order valence-corrected chi connectivity index (χ3v) is 4.70. The first-order chi connectivity index (χ1) is 11.6. The Bertz CT molecular complexity index is 738. The van der Waals surface area contributed by atoms with Gasteiger partial charge in [-0.3, -0.25) is 4.79 Å². The molecule has 24 heavy (non-hydrogen) atoms. The molecule has 5 heteroatoms. The summed E-state index contributed by atoms with van der Waals surface area (Å²) >= 11 is 0. The predicted octanol–water partition coefficient (Wildman–Crippen LogP) is 0.356. The van der Waals surface area contributed by atoms with E-state index in [2.05, 4.69) is 5.32 Å². The van der Waals surface area contributed by atoms with Crippen LogP contribution in [0.3, 0.4) is 0 Å². The van der Waals surface area contributed by atoms with Crippen LogP contribution in [-0.4, -0.2) is 31.0 Å². The highest BCUT2D eigenvalue weighted by molar-refractivity contribution is 5.96. The Morgan fingerprint density at radius 2 is 1.75 bits per heavy atom. The number of carbonyl (C=O) groups excluding carboxylic acids is 2. The molecule has 0 aromatic heterocycles. The molecule has 3 rings (SSSR count). The largest absolute Gasteiger partial charge is 0.544 e. The van der Waals surface area contributed by atoms with Gasteiger partial charge in [0.1, 0.15) is 6.04 Å². The van der Waals surface area contributed by atoms with E-state index in [4.69, 9.17) is 0 Å². The minimum atomic E-state index is -1.14. The fraction of sp³-hybridized carbons (Fsp3) is 0.368. The Labute approximate surface area is 141 Å². The summed E-state index contributed by atoms with van der Waals surface area (Å²) in [4.78, 5) is 24.7. The first-order valence-corrected chi connectivity index (χ1v) is 8.47. The van der Waals surface area contributed by atoms with Gasteiger partial charge >= 0.3 is 0 Å². The van der Waals surface area contributed by atoms with E-state index >= 15 is 0 Å². The van der Waals surface area contributed by atoms with Gasteiger partial charge in [0, 0.05) is 5.69 Å². The number of benzene rings is 2. The van der Waals surface area contributed by atoms with Gasteiger partial charge in [-0.25, -0.2) is 0 Å². The van der Waals surface area contributed by atoms with Crippen LogP contribution in [0.5, 0.6) is 0 Å². The zero-order chi connectivity index (χ0) is 16.9. The van der Waals surface area contributed by atoms with Gasteiger partial charge in [0.15, 0.2) is 0 Å². The number of likely N-dealkylation sites (tertiary alicyclic amines) is 1. The zero-order valence-electron chi connectivity index (χ0n) is 13.6. The van der Waals surface area contributed by atoms with E-state index in [0.29, 0.717) is 5.69 Å². The molecule has 1 atom stereocenters. The summed E-state index contributed by atoms with van der Waals surface area (Å²) in [6.45, 7) is 1.59. The molecule has 1 aliphatic heterocycles. The Balaban J connectivity index is 1.67. The van der Waals surface area contributed by atoms with E-state index in [1.165, 1.54) is 0 Å². The number of quaternary nitrogens is 1. The second kappa shape index (κ2) is 7.45. The second-order valence-electron chi connectivity index (χ2n) is 6.40. The van der Waals surface area contributed by atoms with Crippen molar-refractivity contribution in [2.24, 2.45) is 0 Å². The summed E-state index contributed by atoms with van der Waals surface area (Å²) in [7, 11) is 0. The van der Waals surface area contributed by atoms with Gasteiger partial charge in [0.05, 0.1) is 25.5 Å². The van der Waals surface area contributed by atoms with Gasteiger partial charge in [-0.2, -0.15) is 0 Å². The van der Waals surface area contributed by atoms with Crippen LogP contribution in [-0.2, 0) is 9.59 Å². The average Bonchev–Trinajstić information content (AvgIpc) is 2.60. The zero-order valence-corrected chi connectivity index (χ0v) is 13.6. The number of aliphatic carboxylic acids is 1. The van der Waals surface area contributed by atoms with Crippen LogP contribution < -0.4 is 15.3 Å². The van der Waals surface area contributed by atoms with Crippen LogP contribution in [0.4, 0.5) is 5.69 Å². The molecule has 2 aromatic carbocycles. The van der Waals surface area contributed by atoms with E-state index in [1.54, 1.807) is 0 Å². The molecule has 5 nitrogen and oxygen atoms in total. The van der Waals surface area contributed by atoms with Crippen molar-refractivity contribution >= 4 is 28.3 Å². The number of carboxylic acids is 1. The quantitative estimate of drug-likeness (QED) is 0.833. The normalized spacial score (nSPS) is 16.7. The van der Waals surface area contributed by atoms with Crippen LogP contribution in [0.1, 0.15) is 25.7 Å².